The van der Waals surface area contributed by atoms with E-state index in [1.165, 1.54) is 0 Å². The van der Waals surface area contributed by atoms with Gasteiger partial charge in [-0.15, -0.1) is 0 Å². The number of nitrogen functional groups attached to an aromatic ring is 1. The third-order valence-electron chi connectivity index (χ3n) is 2.63. The van der Waals surface area contributed by atoms with Crippen molar-refractivity contribution in [2.45, 2.75) is 20.4 Å². The van der Waals surface area contributed by atoms with Gasteiger partial charge in [-0.3, -0.25) is 4.98 Å². The maximum Gasteiger partial charge on any atom is 0.227 e. The van der Waals surface area contributed by atoms with Gasteiger partial charge >= 0.3 is 0 Å². The van der Waals surface area contributed by atoms with E-state index < -0.39 is 0 Å². The minimum absolute atomic E-state index is 0.482. The first kappa shape index (κ1) is 12.3. The second kappa shape index (κ2) is 5.44. The molecule has 18 heavy (non-hydrogen) atoms. The summed E-state index contributed by atoms with van der Waals surface area (Å²) in [5.74, 6) is 1.12. The standard InChI is InChI=1S/C13H17N5/c1-3-18(13-15-8-7-12(14)17-13)9-11-6-4-5-10(2)16-11/h4-8H,3,9H2,1-2H3,(H2,14,15,17). The Balaban J connectivity index is 2.19. The highest BCUT2D eigenvalue weighted by atomic mass is 15.3. The number of hydrogen-bond donors (Lipinski definition) is 1. The largest absolute Gasteiger partial charge is 0.384 e. The molecular weight excluding hydrogens is 226 g/mol. The summed E-state index contributed by atoms with van der Waals surface area (Å²) in [7, 11) is 0. The molecule has 2 aromatic heterocycles. The molecule has 0 aliphatic heterocycles. The molecule has 0 radical (unpaired) electrons. The number of aromatic nitrogens is 3. The second-order valence-electron chi connectivity index (χ2n) is 4.07. The second-order valence-corrected chi connectivity index (χ2v) is 4.07. The fourth-order valence-corrected chi connectivity index (χ4v) is 1.72. The van der Waals surface area contributed by atoms with E-state index in [2.05, 4.69) is 21.9 Å². The van der Waals surface area contributed by atoms with E-state index >= 15 is 0 Å². The maximum atomic E-state index is 5.68. The molecule has 2 heterocycles. The zero-order chi connectivity index (χ0) is 13.0. The Morgan fingerprint density at radius 3 is 2.72 bits per heavy atom. The Hall–Kier alpha value is -2.17. The summed E-state index contributed by atoms with van der Waals surface area (Å²) < 4.78 is 0. The molecular formula is C13H17N5. The lowest BCUT2D eigenvalue weighted by molar-refractivity contribution is 0.773. The number of rotatable bonds is 4. The van der Waals surface area contributed by atoms with E-state index in [0.29, 0.717) is 18.3 Å². The lowest BCUT2D eigenvalue weighted by Gasteiger charge is -2.20. The molecule has 94 valence electrons. The lowest BCUT2D eigenvalue weighted by atomic mass is 10.3. The van der Waals surface area contributed by atoms with Crippen molar-refractivity contribution in [2.24, 2.45) is 0 Å². The van der Waals surface area contributed by atoms with Gasteiger partial charge in [0.05, 0.1) is 12.2 Å². The van der Waals surface area contributed by atoms with Crippen LogP contribution in [0, 0.1) is 6.92 Å². The zero-order valence-corrected chi connectivity index (χ0v) is 10.7. The van der Waals surface area contributed by atoms with Crippen molar-refractivity contribution >= 4 is 11.8 Å². The fraction of sp³-hybridized carbons (Fsp3) is 0.308. The van der Waals surface area contributed by atoms with Crippen molar-refractivity contribution in [3.8, 4) is 0 Å². The van der Waals surface area contributed by atoms with Crippen molar-refractivity contribution in [3.05, 3.63) is 41.9 Å². The highest BCUT2D eigenvalue weighted by molar-refractivity contribution is 5.38. The third kappa shape index (κ3) is 2.94. The van der Waals surface area contributed by atoms with Crippen LogP contribution in [0.15, 0.2) is 30.5 Å². The van der Waals surface area contributed by atoms with Crippen LogP contribution in [0.1, 0.15) is 18.3 Å². The van der Waals surface area contributed by atoms with Crippen LogP contribution in [0.2, 0.25) is 0 Å². The Bertz CT molecular complexity index is 526. The van der Waals surface area contributed by atoms with Crippen LogP contribution >= 0.6 is 0 Å². The van der Waals surface area contributed by atoms with E-state index in [1.807, 2.05) is 30.0 Å². The van der Waals surface area contributed by atoms with Gasteiger partial charge in [0.2, 0.25) is 5.95 Å². The van der Waals surface area contributed by atoms with Crippen LogP contribution in [0.25, 0.3) is 0 Å². The molecule has 2 rings (SSSR count). The van der Waals surface area contributed by atoms with Gasteiger partial charge in [0.25, 0.3) is 0 Å². The van der Waals surface area contributed by atoms with E-state index in [1.54, 1.807) is 12.3 Å². The number of nitrogens with two attached hydrogens (primary N) is 1. The van der Waals surface area contributed by atoms with Crippen LogP contribution in [-0.2, 0) is 6.54 Å². The average molecular weight is 243 g/mol. The fourth-order valence-electron chi connectivity index (χ4n) is 1.72. The molecule has 0 aliphatic rings. The highest BCUT2D eigenvalue weighted by Crippen LogP contribution is 2.12. The molecule has 2 N–H and O–H groups in total. The molecule has 0 bridgehead atoms. The maximum absolute atomic E-state index is 5.68. The molecule has 0 unspecified atom stereocenters. The summed E-state index contributed by atoms with van der Waals surface area (Å²) in [5.41, 5.74) is 7.69. The van der Waals surface area contributed by atoms with Crippen LogP contribution in [0.5, 0.6) is 0 Å². The van der Waals surface area contributed by atoms with E-state index in [0.717, 1.165) is 17.9 Å². The minimum atomic E-state index is 0.482. The predicted molar refractivity (Wildman–Crippen MR) is 72.1 cm³/mol. The quantitative estimate of drug-likeness (QED) is 0.886. The average Bonchev–Trinajstić information content (AvgIpc) is 2.36. The van der Waals surface area contributed by atoms with Crippen molar-refractivity contribution in [3.63, 3.8) is 0 Å². The van der Waals surface area contributed by atoms with Gasteiger partial charge in [0, 0.05) is 18.4 Å². The smallest absolute Gasteiger partial charge is 0.227 e. The Morgan fingerprint density at radius 2 is 2.06 bits per heavy atom. The first-order valence-corrected chi connectivity index (χ1v) is 5.95. The van der Waals surface area contributed by atoms with Gasteiger partial charge in [-0.1, -0.05) is 6.07 Å². The Kier molecular flexibility index (Phi) is 3.72. The van der Waals surface area contributed by atoms with Crippen LogP contribution in [-0.4, -0.2) is 21.5 Å². The van der Waals surface area contributed by atoms with Gasteiger partial charge in [0.1, 0.15) is 5.82 Å². The molecule has 0 amide bonds. The number of hydrogen-bond acceptors (Lipinski definition) is 5. The highest BCUT2D eigenvalue weighted by Gasteiger charge is 2.09. The first-order valence-electron chi connectivity index (χ1n) is 5.95. The van der Waals surface area contributed by atoms with Crippen molar-refractivity contribution in [1.82, 2.24) is 15.0 Å². The number of pyridine rings is 1. The molecule has 0 atom stereocenters. The van der Waals surface area contributed by atoms with E-state index in [-0.39, 0.29) is 0 Å². The predicted octanol–water partition coefficient (Wildman–Crippen LogP) is 1.79. The van der Waals surface area contributed by atoms with Gasteiger partial charge in [-0.05, 0) is 32.0 Å². The summed E-state index contributed by atoms with van der Waals surface area (Å²) in [6, 6.07) is 7.67. The Labute approximate surface area is 107 Å². The molecule has 2 aromatic rings. The lowest BCUT2D eigenvalue weighted by Crippen LogP contribution is -2.25. The van der Waals surface area contributed by atoms with Gasteiger partial charge < -0.3 is 10.6 Å². The molecule has 0 saturated carbocycles. The monoisotopic (exact) mass is 243 g/mol. The molecule has 5 heteroatoms. The van der Waals surface area contributed by atoms with Crippen molar-refractivity contribution < 1.29 is 0 Å². The topological polar surface area (TPSA) is 67.9 Å². The molecule has 0 saturated heterocycles. The number of anilines is 2. The molecule has 0 aromatic carbocycles. The van der Waals surface area contributed by atoms with Gasteiger partial charge in [0.15, 0.2) is 0 Å². The number of nitrogens with zero attached hydrogens (tertiary/aromatic N) is 4. The summed E-state index contributed by atoms with van der Waals surface area (Å²) in [6.45, 7) is 5.53. The van der Waals surface area contributed by atoms with E-state index in [9.17, 15) is 0 Å². The molecule has 0 aliphatic carbocycles. The Morgan fingerprint density at radius 1 is 1.22 bits per heavy atom. The first-order chi connectivity index (χ1) is 8.69. The van der Waals surface area contributed by atoms with Crippen LogP contribution in [0.4, 0.5) is 11.8 Å². The summed E-state index contributed by atoms with van der Waals surface area (Å²) in [5, 5.41) is 0. The minimum Gasteiger partial charge on any atom is -0.384 e. The third-order valence-corrected chi connectivity index (χ3v) is 2.63. The summed E-state index contributed by atoms with van der Waals surface area (Å²) in [6.07, 6.45) is 1.67. The SMILES string of the molecule is CCN(Cc1cccc(C)n1)c1nccc(N)n1. The van der Waals surface area contributed by atoms with Crippen molar-refractivity contribution in [2.75, 3.05) is 17.2 Å². The normalized spacial score (nSPS) is 10.3. The van der Waals surface area contributed by atoms with Crippen LogP contribution < -0.4 is 10.6 Å². The molecule has 0 spiro atoms. The van der Waals surface area contributed by atoms with E-state index in [4.69, 9.17) is 5.73 Å². The molecule has 0 fully saturated rings. The van der Waals surface area contributed by atoms with Gasteiger partial charge in [-0.2, -0.15) is 4.98 Å². The summed E-state index contributed by atoms with van der Waals surface area (Å²) in [4.78, 5) is 15.0. The molecule has 5 nitrogen and oxygen atoms in total. The summed E-state index contributed by atoms with van der Waals surface area (Å²) >= 11 is 0. The number of aryl methyl sites for hydroxylation is 1. The van der Waals surface area contributed by atoms with Crippen molar-refractivity contribution in [1.29, 1.82) is 0 Å². The van der Waals surface area contributed by atoms with Gasteiger partial charge in [-0.25, -0.2) is 4.98 Å². The zero-order valence-electron chi connectivity index (χ0n) is 10.7. The van der Waals surface area contributed by atoms with Crippen LogP contribution in [0.3, 0.4) is 0 Å².